The second kappa shape index (κ2) is 10.4. The Balaban J connectivity index is 1.18. The van der Waals surface area contributed by atoms with Crippen LogP contribution in [-0.2, 0) is 13.6 Å². The number of hydrogen-bond acceptors (Lipinski definition) is 7. The molecule has 2 aromatic carbocycles. The number of carbonyl (C=O) groups is 1. The first-order chi connectivity index (χ1) is 19.0. The Hall–Kier alpha value is -4.41. The lowest BCUT2D eigenvalue weighted by molar-refractivity contribution is 0.0943. The van der Waals surface area contributed by atoms with Crippen LogP contribution < -0.4 is 15.4 Å². The van der Waals surface area contributed by atoms with Crippen LogP contribution in [0.1, 0.15) is 16.2 Å². The summed E-state index contributed by atoms with van der Waals surface area (Å²) in [6.07, 6.45) is 3.45. The van der Waals surface area contributed by atoms with Crippen LogP contribution in [0.25, 0.3) is 21.1 Å². The van der Waals surface area contributed by atoms with Crippen molar-refractivity contribution in [1.82, 2.24) is 29.6 Å². The number of nitrogens with zero attached hydrogens (tertiary/aromatic N) is 5. The largest absolute Gasteiger partial charge is 0.455 e. The summed E-state index contributed by atoms with van der Waals surface area (Å²) in [4.78, 5) is 21.4. The molecule has 0 fully saturated rings. The van der Waals surface area contributed by atoms with Crippen LogP contribution in [0.4, 0.5) is 11.5 Å². The van der Waals surface area contributed by atoms with E-state index in [1.165, 1.54) is 6.33 Å². The topological polar surface area (TPSA) is 98.9 Å². The van der Waals surface area contributed by atoms with Gasteiger partial charge in [-0.05, 0) is 60.8 Å². The van der Waals surface area contributed by atoms with E-state index in [-0.39, 0.29) is 5.91 Å². The molecule has 4 heterocycles. The summed E-state index contributed by atoms with van der Waals surface area (Å²) in [5, 5.41) is 14.1. The van der Waals surface area contributed by atoms with Gasteiger partial charge in [0.15, 0.2) is 5.82 Å². The molecule has 0 saturated heterocycles. The lowest BCUT2D eigenvalue weighted by atomic mass is 10.2. The van der Waals surface area contributed by atoms with Crippen LogP contribution in [-0.4, -0.2) is 36.8 Å². The Bertz CT molecular complexity index is 1820. The highest BCUT2D eigenvalue weighted by Gasteiger charge is 2.14. The fourth-order valence-electron chi connectivity index (χ4n) is 4.49. The molecule has 0 aliphatic heterocycles. The first kappa shape index (κ1) is 24.9. The number of aryl methyl sites for hydroxylation is 2. The third-order valence-electron chi connectivity index (χ3n) is 6.29. The van der Waals surface area contributed by atoms with Gasteiger partial charge in [0.2, 0.25) is 0 Å². The lowest BCUT2D eigenvalue weighted by Gasteiger charge is -2.13. The third kappa shape index (κ3) is 5.04. The number of aromatic nitrogens is 5. The Morgan fingerprint density at radius 1 is 1.10 bits per heavy atom. The molecule has 4 aromatic heterocycles. The molecule has 6 rings (SSSR count). The van der Waals surface area contributed by atoms with E-state index in [2.05, 4.69) is 31.8 Å². The molecular formula is C28H24ClN7O2S. The van der Waals surface area contributed by atoms with Crippen molar-refractivity contribution in [2.45, 2.75) is 13.5 Å². The van der Waals surface area contributed by atoms with E-state index >= 15 is 0 Å². The molecule has 6 aromatic rings. The Morgan fingerprint density at radius 3 is 2.82 bits per heavy atom. The van der Waals surface area contributed by atoms with Gasteiger partial charge < -0.3 is 19.9 Å². The SMILES string of the molecule is Cc1cc(C(=O)NCCn2ccc3ncnc(Nc4ccc(Oc5cccc6sccc56)c(Cl)c4)c32)n(C)n1. The summed E-state index contributed by atoms with van der Waals surface area (Å²) in [5.74, 6) is 1.79. The number of rotatable bonds is 8. The highest BCUT2D eigenvalue weighted by molar-refractivity contribution is 7.17. The monoisotopic (exact) mass is 557 g/mol. The van der Waals surface area contributed by atoms with Gasteiger partial charge in [-0.2, -0.15) is 5.10 Å². The van der Waals surface area contributed by atoms with Gasteiger partial charge in [-0.15, -0.1) is 11.3 Å². The third-order valence-corrected chi connectivity index (χ3v) is 7.47. The van der Waals surface area contributed by atoms with Gasteiger partial charge in [0.1, 0.15) is 29.0 Å². The predicted octanol–water partition coefficient (Wildman–Crippen LogP) is 6.31. The van der Waals surface area contributed by atoms with Crippen molar-refractivity contribution >= 4 is 61.5 Å². The van der Waals surface area contributed by atoms with Gasteiger partial charge in [-0.3, -0.25) is 9.48 Å². The zero-order chi connectivity index (χ0) is 26.9. The van der Waals surface area contributed by atoms with E-state index in [1.807, 2.05) is 65.5 Å². The minimum atomic E-state index is -0.170. The van der Waals surface area contributed by atoms with Crippen molar-refractivity contribution < 1.29 is 9.53 Å². The summed E-state index contributed by atoms with van der Waals surface area (Å²) < 4.78 is 10.9. The van der Waals surface area contributed by atoms with Gasteiger partial charge in [0.25, 0.3) is 5.91 Å². The molecular weight excluding hydrogens is 534 g/mol. The van der Waals surface area contributed by atoms with Crippen molar-refractivity contribution in [2.75, 3.05) is 11.9 Å². The summed E-state index contributed by atoms with van der Waals surface area (Å²) >= 11 is 8.28. The van der Waals surface area contributed by atoms with Crippen LogP contribution in [0, 0.1) is 6.92 Å². The zero-order valence-electron chi connectivity index (χ0n) is 21.2. The van der Waals surface area contributed by atoms with Crippen LogP contribution in [0.15, 0.2) is 72.5 Å². The molecule has 0 aliphatic carbocycles. The maximum Gasteiger partial charge on any atom is 0.269 e. The molecule has 0 aliphatic rings. The molecule has 196 valence electrons. The van der Waals surface area contributed by atoms with E-state index < -0.39 is 0 Å². The molecule has 0 spiro atoms. The summed E-state index contributed by atoms with van der Waals surface area (Å²) in [5.41, 5.74) is 3.69. The van der Waals surface area contributed by atoms with Gasteiger partial charge in [-0.1, -0.05) is 17.7 Å². The van der Waals surface area contributed by atoms with Crippen molar-refractivity contribution in [3.8, 4) is 11.5 Å². The normalized spacial score (nSPS) is 11.3. The number of nitrogens with one attached hydrogen (secondary N) is 2. The molecule has 0 unspecified atom stereocenters. The number of ether oxygens (including phenoxy) is 1. The van der Waals surface area contributed by atoms with Crippen LogP contribution in [0.3, 0.4) is 0 Å². The Kier molecular flexibility index (Phi) is 6.64. The van der Waals surface area contributed by atoms with Gasteiger partial charge in [-0.25, -0.2) is 9.97 Å². The fraction of sp³-hybridized carbons (Fsp3) is 0.143. The minimum absolute atomic E-state index is 0.170. The maximum atomic E-state index is 12.6. The van der Waals surface area contributed by atoms with E-state index in [0.717, 1.165) is 38.3 Å². The van der Waals surface area contributed by atoms with Crippen molar-refractivity contribution in [3.63, 3.8) is 0 Å². The molecule has 9 nitrogen and oxygen atoms in total. The van der Waals surface area contributed by atoms with E-state index in [9.17, 15) is 4.79 Å². The summed E-state index contributed by atoms with van der Waals surface area (Å²) in [6.45, 7) is 2.82. The molecule has 0 saturated carbocycles. The van der Waals surface area contributed by atoms with Crippen LogP contribution >= 0.6 is 22.9 Å². The average molecular weight is 558 g/mol. The Morgan fingerprint density at radius 2 is 2.00 bits per heavy atom. The number of thiophene rings is 1. The number of amides is 1. The number of hydrogen-bond donors (Lipinski definition) is 2. The predicted molar refractivity (Wildman–Crippen MR) is 154 cm³/mol. The van der Waals surface area contributed by atoms with Crippen molar-refractivity contribution in [3.05, 3.63) is 88.9 Å². The molecule has 39 heavy (non-hydrogen) atoms. The number of halogens is 1. The van der Waals surface area contributed by atoms with Gasteiger partial charge in [0, 0.05) is 42.1 Å². The number of anilines is 2. The standard InChI is InChI=1S/C28H24ClN7O2S/c1-17-14-22(35(2)34-17)28(37)30-10-12-36-11-8-21-26(36)27(32-16-31-21)33-18-6-7-24(20(29)15-18)38-23-4-3-5-25-19(23)9-13-39-25/h3-9,11,13-16H,10,12H2,1-2H3,(H,30,37)(H,31,32,33). The second-order valence-corrected chi connectivity index (χ2v) is 10.3. The van der Waals surface area contributed by atoms with E-state index in [4.69, 9.17) is 16.3 Å². The van der Waals surface area contributed by atoms with Crippen molar-refractivity contribution in [2.24, 2.45) is 7.05 Å². The molecule has 0 bridgehead atoms. The molecule has 11 heteroatoms. The van der Waals surface area contributed by atoms with Crippen molar-refractivity contribution in [1.29, 1.82) is 0 Å². The first-order valence-electron chi connectivity index (χ1n) is 12.3. The molecule has 0 radical (unpaired) electrons. The highest BCUT2D eigenvalue weighted by Crippen LogP contribution is 2.37. The Labute approximate surface area is 233 Å². The lowest BCUT2D eigenvalue weighted by Crippen LogP contribution is -2.28. The van der Waals surface area contributed by atoms with Crippen LogP contribution in [0.5, 0.6) is 11.5 Å². The number of fused-ring (bicyclic) bond motifs is 2. The van der Waals surface area contributed by atoms with Crippen LogP contribution in [0.2, 0.25) is 5.02 Å². The molecule has 1 amide bonds. The number of benzene rings is 2. The molecule has 2 N–H and O–H groups in total. The quantitative estimate of drug-likeness (QED) is 0.228. The number of carbonyl (C=O) groups excluding carboxylic acids is 1. The smallest absolute Gasteiger partial charge is 0.269 e. The zero-order valence-corrected chi connectivity index (χ0v) is 22.8. The minimum Gasteiger partial charge on any atom is -0.455 e. The first-order valence-corrected chi connectivity index (χ1v) is 13.5. The summed E-state index contributed by atoms with van der Waals surface area (Å²) in [6, 6.07) is 17.2. The van der Waals surface area contributed by atoms with Gasteiger partial charge >= 0.3 is 0 Å². The average Bonchev–Trinajstić information content (AvgIpc) is 3.65. The van der Waals surface area contributed by atoms with E-state index in [1.54, 1.807) is 29.1 Å². The highest BCUT2D eigenvalue weighted by atomic mass is 35.5. The maximum absolute atomic E-state index is 12.6. The second-order valence-electron chi connectivity index (χ2n) is 8.98. The fourth-order valence-corrected chi connectivity index (χ4v) is 5.51. The summed E-state index contributed by atoms with van der Waals surface area (Å²) in [7, 11) is 1.76. The van der Waals surface area contributed by atoms with Gasteiger partial charge in [0.05, 0.1) is 16.2 Å². The van der Waals surface area contributed by atoms with E-state index in [0.29, 0.717) is 35.4 Å². The molecule has 0 atom stereocenters.